The summed E-state index contributed by atoms with van der Waals surface area (Å²) in [5, 5.41) is 0. The van der Waals surface area contributed by atoms with Crippen LogP contribution in [0.15, 0.2) is 24.3 Å². The molecule has 1 saturated heterocycles. The Hall–Kier alpha value is -1.59. The van der Waals surface area contributed by atoms with E-state index in [0.29, 0.717) is 13.1 Å². The molecule has 1 aliphatic heterocycles. The lowest BCUT2D eigenvalue weighted by atomic mass is 10.2. The van der Waals surface area contributed by atoms with Crippen LogP contribution in [0.25, 0.3) is 0 Å². The molecule has 5 nitrogen and oxygen atoms in total. The fourth-order valence-electron chi connectivity index (χ4n) is 2.85. The summed E-state index contributed by atoms with van der Waals surface area (Å²) >= 11 is 0. The van der Waals surface area contributed by atoms with Gasteiger partial charge >= 0.3 is 0 Å². The average Bonchev–Trinajstić information content (AvgIpc) is 3.03. The van der Waals surface area contributed by atoms with Gasteiger partial charge in [0.05, 0.1) is 6.10 Å². The van der Waals surface area contributed by atoms with Crippen LogP contribution >= 0.6 is 0 Å². The monoisotopic (exact) mass is 334 g/mol. The van der Waals surface area contributed by atoms with Crippen LogP contribution in [0.3, 0.4) is 0 Å². The maximum absolute atomic E-state index is 12.9. The lowest BCUT2D eigenvalue weighted by Gasteiger charge is -2.29. The van der Waals surface area contributed by atoms with Crippen LogP contribution in [0.2, 0.25) is 0 Å². The van der Waals surface area contributed by atoms with Gasteiger partial charge in [-0.3, -0.25) is 4.79 Å². The maximum atomic E-state index is 12.9. The minimum absolute atomic E-state index is 0.0221. The molecule has 0 spiro atoms. The third-order valence-corrected chi connectivity index (χ3v) is 4.23. The van der Waals surface area contributed by atoms with Crippen molar-refractivity contribution in [2.24, 2.45) is 0 Å². The molecule has 1 aromatic rings. The molecule has 2 rings (SSSR count). The smallest absolute Gasteiger partial charge is 0.263 e. The molecule has 0 aliphatic carbocycles. The first kappa shape index (κ1) is 18.7. The van der Waals surface area contributed by atoms with Gasteiger partial charge in [-0.25, -0.2) is 0 Å². The van der Waals surface area contributed by atoms with E-state index in [9.17, 15) is 4.79 Å². The molecule has 0 radical (unpaired) electrons. The Bertz CT molecular complexity index is 527. The Morgan fingerprint density at radius 2 is 2.17 bits per heavy atom. The van der Waals surface area contributed by atoms with Crippen LogP contribution in [0, 0.1) is 6.92 Å². The molecule has 1 aliphatic rings. The van der Waals surface area contributed by atoms with Gasteiger partial charge in [0.1, 0.15) is 5.75 Å². The highest BCUT2D eigenvalue weighted by molar-refractivity contribution is 5.81. The lowest BCUT2D eigenvalue weighted by Crippen LogP contribution is -2.46. The molecule has 1 heterocycles. The summed E-state index contributed by atoms with van der Waals surface area (Å²) in [4.78, 5) is 16.8. The number of likely N-dealkylation sites (N-methyl/N-ethyl adjacent to an activating group) is 1. The minimum Gasteiger partial charge on any atom is -0.481 e. The fraction of sp³-hybridized carbons (Fsp3) is 0.632. The van der Waals surface area contributed by atoms with E-state index in [1.165, 1.54) is 0 Å². The van der Waals surface area contributed by atoms with Gasteiger partial charge in [0.15, 0.2) is 6.10 Å². The van der Waals surface area contributed by atoms with E-state index in [1.54, 1.807) is 0 Å². The Kier molecular flexibility index (Phi) is 7.06. The number of carbonyl (C=O) groups is 1. The molecule has 1 amide bonds. The second kappa shape index (κ2) is 9.04. The highest BCUT2D eigenvalue weighted by atomic mass is 16.5. The Labute approximate surface area is 145 Å². The molecular formula is C19H30N2O3. The van der Waals surface area contributed by atoms with Gasteiger partial charge in [0.25, 0.3) is 5.91 Å². The highest BCUT2D eigenvalue weighted by Gasteiger charge is 2.26. The van der Waals surface area contributed by atoms with Crippen molar-refractivity contribution in [1.82, 2.24) is 9.80 Å². The van der Waals surface area contributed by atoms with Crippen molar-refractivity contribution in [2.45, 2.75) is 38.9 Å². The number of ether oxygens (including phenoxy) is 2. The summed E-state index contributed by atoms with van der Waals surface area (Å²) in [5.74, 6) is 0.759. The van der Waals surface area contributed by atoms with Crippen molar-refractivity contribution in [1.29, 1.82) is 0 Å². The van der Waals surface area contributed by atoms with E-state index in [1.807, 2.05) is 57.1 Å². The normalized spacial score (nSPS) is 18.6. The number of nitrogens with zero attached hydrogens (tertiary/aromatic N) is 2. The second-order valence-electron chi connectivity index (χ2n) is 6.80. The quantitative estimate of drug-likeness (QED) is 0.732. The first-order valence-corrected chi connectivity index (χ1v) is 8.74. The molecule has 1 fully saturated rings. The summed E-state index contributed by atoms with van der Waals surface area (Å²) in [6.07, 6.45) is 1.76. The summed E-state index contributed by atoms with van der Waals surface area (Å²) in [6, 6.07) is 7.80. The van der Waals surface area contributed by atoms with Crippen molar-refractivity contribution >= 4 is 5.91 Å². The number of amides is 1. The van der Waals surface area contributed by atoms with Crippen LogP contribution in [-0.2, 0) is 9.53 Å². The van der Waals surface area contributed by atoms with E-state index in [-0.39, 0.29) is 12.0 Å². The Morgan fingerprint density at radius 1 is 1.38 bits per heavy atom. The number of benzene rings is 1. The van der Waals surface area contributed by atoms with Gasteiger partial charge in [-0.15, -0.1) is 0 Å². The van der Waals surface area contributed by atoms with E-state index in [2.05, 4.69) is 4.90 Å². The zero-order valence-corrected chi connectivity index (χ0v) is 15.3. The van der Waals surface area contributed by atoms with Crippen LogP contribution in [0.4, 0.5) is 0 Å². The van der Waals surface area contributed by atoms with Crippen LogP contribution in [0.1, 0.15) is 25.3 Å². The molecule has 1 aromatic carbocycles. The van der Waals surface area contributed by atoms with Gasteiger partial charge in [0.2, 0.25) is 0 Å². The largest absolute Gasteiger partial charge is 0.481 e. The maximum Gasteiger partial charge on any atom is 0.263 e. The molecule has 0 bridgehead atoms. The molecule has 134 valence electrons. The molecule has 0 aromatic heterocycles. The highest BCUT2D eigenvalue weighted by Crippen LogP contribution is 2.17. The zero-order valence-electron chi connectivity index (χ0n) is 15.3. The Balaban J connectivity index is 1.98. The first-order valence-electron chi connectivity index (χ1n) is 8.74. The summed E-state index contributed by atoms with van der Waals surface area (Å²) in [5.41, 5.74) is 1.12. The van der Waals surface area contributed by atoms with Crippen molar-refractivity contribution in [3.05, 3.63) is 29.8 Å². The minimum atomic E-state index is -0.504. The molecule has 5 heteroatoms. The van der Waals surface area contributed by atoms with Crippen LogP contribution in [0.5, 0.6) is 5.75 Å². The van der Waals surface area contributed by atoms with E-state index < -0.39 is 6.10 Å². The molecule has 0 unspecified atom stereocenters. The van der Waals surface area contributed by atoms with E-state index in [0.717, 1.165) is 37.3 Å². The van der Waals surface area contributed by atoms with E-state index in [4.69, 9.17) is 9.47 Å². The van der Waals surface area contributed by atoms with Gasteiger partial charge in [-0.05, 0) is 58.5 Å². The number of aryl methyl sites for hydroxylation is 1. The predicted octanol–water partition coefficient (Wildman–Crippen LogP) is 2.33. The van der Waals surface area contributed by atoms with Crippen LogP contribution < -0.4 is 4.74 Å². The van der Waals surface area contributed by atoms with Crippen molar-refractivity contribution in [3.8, 4) is 5.75 Å². The second-order valence-corrected chi connectivity index (χ2v) is 6.80. The van der Waals surface area contributed by atoms with Crippen molar-refractivity contribution in [2.75, 3.05) is 40.3 Å². The summed E-state index contributed by atoms with van der Waals surface area (Å²) < 4.78 is 11.6. The van der Waals surface area contributed by atoms with Gasteiger partial charge in [-0.1, -0.05) is 12.1 Å². The van der Waals surface area contributed by atoms with Gasteiger partial charge in [0, 0.05) is 26.2 Å². The SMILES string of the molecule is Cc1cccc(O[C@@H](C)C(=O)N(CCN(C)C)C[C@@H]2CCCO2)c1. The van der Waals surface area contributed by atoms with Gasteiger partial charge in [-0.2, -0.15) is 0 Å². The average molecular weight is 334 g/mol. The third-order valence-electron chi connectivity index (χ3n) is 4.23. The van der Waals surface area contributed by atoms with Crippen molar-refractivity contribution < 1.29 is 14.3 Å². The lowest BCUT2D eigenvalue weighted by molar-refractivity contribution is -0.139. The zero-order chi connectivity index (χ0) is 17.5. The van der Waals surface area contributed by atoms with Crippen molar-refractivity contribution in [3.63, 3.8) is 0 Å². The molecule has 0 saturated carbocycles. The number of carbonyl (C=O) groups excluding carboxylic acids is 1. The van der Waals surface area contributed by atoms with Crippen LogP contribution in [-0.4, -0.2) is 68.3 Å². The number of rotatable bonds is 8. The standard InChI is InChI=1S/C19H30N2O3/c1-15-7-5-8-17(13-15)24-16(2)19(22)21(11-10-20(3)4)14-18-9-6-12-23-18/h5,7-8,13,16,18H,6,9-12,14H2,1-4H3/t16-,18-/m0/s1. The predicted molar refractivity (Wildman–Crippen MR) is 95.4 cm³/mol. The molecule has 0 N–H and O–H groups in total. The number of hydrogen-bond acceptors (Lipinski definition) is 4. The Morgan fingerprint density at radius 3 is 2.79 bits per heavy atom. The summed E-state index contributed by atoms with van der Waals surface area (Å²) in [6.45, 7) is 6.80. The topological polar surface area (TPSA) is 42.0 Å². The number of hydrogen-bond donors (Lipinski definition) is 0. The summed E-state index contributed by atoms with van der Waals surface area (Å²) in [7, 11) is 4.03. The first-order chi connectivity index (χ1) is 11.5. The molecular weight excluding hydrogens is 304 g/mol. The van der Waals surface area contributed by atoms with E-state index >= 15 is 0 Å². The molecule has 24 heavy (non-hydrogen) atoms. The fourth-order valence-corrected chi connectivity index (χ4v) is 2.85. The molecule has 2 atom stereocenters. The third kappa shape index (κ3) is 5.80. The van der Waals surface area contributed by atoms with Gasteiger partial charge < -0.3 is 19.3 Å².